The number of carbonyl (C=O) groups excluding carboxylic acids is 2. The van der Waals surface area contributed by atoms with E-state index in [4.69, 9.17) is 32.7 Å². The van der Waals surface area contributed by atoms with E-state index in [1.54, 1.807) is 41.3 Å². The first-order valence-corrected chi connectivity index (χ1v) is 11.4. The Labute approximate surface area is 207 Å². The number of nitrogens with zero attached hydrogens (tertiary/aromatic N) is 1. The molecule has 176 valence electrons. The van der Waals surface area contributed by atoms with Crippen LogP contribution in [0.3, 0.4) is 0 Å². The van der Waals surface area contributed by atoms with E-state index in [9.17, 15) is 9.59 Å². The van der Waals surface area contributed by atoms with Crippen molar-refractivity contribution in [3.63, 3.8) is 0 Å². The summed E-state index contributed by atoms with van der Waals surface area (Å²) >= 11 is 12.1. The second-order valence-corrected chi connectivity index (χ2v) is 8.59. The Morgan fingerprint density at radius 1 is 1.06 bits per heavy atom. The molecule has 0 aromatic heterocycles. The normalized spacial score (nSPS) is 15.2. The molecule has 2 N–H and O–H groups in total. The molecule has 0 radical (unpaired) electrons. The molecule has 1 aliphatic heterocycles. The lowest BCUT2D eigenvalue weighted by Crippen LogP contribution is -2.36. The standard InChI is InChI=1S/C25H23Cl2N3O4/c1-33-23-13-19(9-10-22(23)34-15-16-7-8-18(26)12-21(16)27)28-29-25(32)17-11-24(31)30(14-17)20-5-3-2-4-6-20/h2-10,12-13,17,28H,11,14-15H2,1H3,(H,29,32)/t17-/m0/s1. The lowest BCUT2D eigenvalue weighted by Gasteiger charge is -2.17. The first-order chi connectivity index (χ1) is 16.4. The molecular formula is C25H23Cl2N3O4. The lowest BCUT2D eigenvalue weighted by atomic mass is 10.1. The molecule has 9 heteroatoms. The first-order valence-electron chi connectivity index (χ1n) is 10.6. The number of benzene rings is 3. The highest BCUT2D eigenvalue weighted by atomic mass is 35.5. The molecule has 0 aliphatic carbocycles. The highest BCUT2D eigenvalue weighted by molar-refractivity contribution is 6.35. The van der Waals surface area contributed by atoms with Crippen LogP contribution in [0, 0.1) is 5.92 Å². The minimum absolute atomic E-state index is 0.0738. The maximum atomic E-state index is 12.6. The van der Waals surface area contributed by atoms with Crippen LogP contribution in [0.15, 0.2) is 66.7 Å². The van der Waals surface area contributed by atoms with Crippen LogP contribution in [0.25, 0.3) is 0 Å². The van der Waals surface area contributed by atoms with Gasteiger partial charge in [-0.05, 0) is 36.4 Å². The van der Waals surface area contributed by atoms with Gasteiger partial charge >= 0.3 is 0 Å². The van der Waals surface area contributed by atoms with Gasteiger partial charge in [0.2, 0.25) is 11.8 Å². The summed E-state index contributed by atoms with van der Waals surface area (Å²) in [6.45, 7) is 0.573. The molecule has 4 rings (SSSR count). The zero-order chi connectivity index (χ0) is 24.1. The number of hydrogen-bond acceptors (Lipinski definition) is 5. The number of hydrazine groups is 1. The van der Waals surface area contributed by atoms with E-state index in [0.717, 1.165) is 11.3 Å². The van der Waals surface area contributed by atoms with Gasteiger partial charge in [0.25, 0.3) is 0 Å². The Balaban J connectivity index is 1.34. The van der Waals surface area contributed by atoms with Crippen LogP contribution in [-0.4, -0.2) is 25.5 Å². The van der Waals surface area contributed by atoms with E-state index >= 15 is 0 Å². The number of ether oxygens (including phenoxy) is 2. The average Bonchev–Trinajstić information content (AvgIpc) is 3.24. The Kier molecular flexibility index (Phi) is 7.45. The number of amides is 2. The maximum Gasteiger partial charge on any atom is 0.243 e. The van der Waals surface area contributed by atoms with Gasteiger partial charge in [0, 0.05) is 40.3 Å². The Hall–Kier alpha value is -3.42. The Bertz CT molecular complexity index is 1190. The summed E-state index contributed by atoms with van der Waals surface area (Å²) in [6, 6.07) is 19.7. The number of methoxy groups -OCH3 is 1. The third kappa shape index (κ3) is 5.55. The molecule has 1 fully saturated rings. The molecule has 2 amide bonds. The number of hydrogen-bond donors (Lipinski definition) is 2. The number of halogens is 2. The highest BCUT2D eigenvalue weighted by Gasteiger charge is 2.35. The summed E-state index contributed by atoms with van der Waals surface area (Å²) in [6.07, 6.45) is 0.158. The van der Waals surface area contributed by atoms with Gasteiger partial charge in [-0.15, -0.1) is 0 Å². The fourth-order valence-electron chi connectivity index (χ4n) is 3.64. The van der Waals surface area contributed by atoms with Gasteiger partial charge in [-0.25, -0.2) is 0 Å². The average molecular weight is 500 g/mol. The SMILES string of the molecule is COc1cc(NNC(=O)[C@H]2CC(=O)N(c3ccccc3)C2)ccc1OCc1ccc(Cl)cc1Cl. The van der Waals surface area contributed by atoms with Crippen LogP contribution in [0.5, 0.6) is 11.5 Å². The van der Waals surface area contributed by atoms with Crippen molar-refractivity contribution < 1.29 is 19.1 Å². The summed E-state index contributed by atoms with van der Waals surface area (Å²) in [5.74, 6) is 0.216. The topological polar surface area (TPSA) is 79.9 Å². The predicted octanol–water partition coefficient (Wildman–Crippen LogP) is 5.08. The van der Waals surface area contributed by atoms with Gasteiger partial charge in [-0.3, -0.25) is 20.4 Å². The van der Waals surface area contributed by atoms with Crippen molar-refractivity contribution in [1.29, 1.82) is 0 Å². The molecule has 7 nitrogen and oxygen atoms in total. The Morgan fingerprint density at radius 3 is 2.59 bits per heavy atom. The molecule has 1 atom stereocenters. The number of nitrogens with one attached hydrogen (secondary N) is 2. The summed E-state index contributed by atoms with van der Waals surface area (Å²) in [7, 11) is 1.53. The third-order valence-electron chi connectivity index (χ3n) is 5.46. The van der Waals surface area contributed by atoms with Crippen LogP contribution >= 0.6 is 23.2 Å². The van der Waals surface area contributed by atoms with Crippen molar-refractivity contribution in [2.45, 2.75) is 13.0 Å². The van der Waals surface area contributed by atoms with E-state index in [1.807, 2.05) is 30.3 Å². The first kappa shape index (κ1) is 23.7. The van der Waals surface area contributed by atoms with Gasteiger partial charge < -0.3 is 14.4 Å². The second kappa shape index (κ2) is 10.7. The fraction of sp³-hybridized carbons (Fsp3) is 0.200. The van der Waals surface area contributed by atoms with Crippen molar-refractivity contribution in [3.05, 3.63) is 82.3 Å². The van der Waals surface area contributed by atoms with E-state index in [2.05, 4.69) is 10.9 Å². The minimum atomic E-state index is -0.450. The van der Waals surface area contributed by atoms with Crippen LogP contribution < -0.4 is 25.2 Å². The summed E-state index contributed by atoms with van der Waals surface area (Å²) in [4.78, 5) is 26.6. The number of rotatable bonds is 8. The van der Waals surface area contributed by atoms with Crippen LogP contribution in [0.2, 0.25) is 10.0 Å². The van der Waals surface area contributed by atoms with Gasteiger partial charge in [0.15, 0.2) is 11.5 Å². The minimum Gasteiger partial charge on any atom is -0.493 e. The van der Waals surface area contributed by atoms with Gasteiger partial charge in [0.1, 0.15) is 6.61 Å². The molecular weight excluding hydrogens is 477 g/mol. The number of para-hydroxylation sites is 1. The molecule has 0 unspecified atom stereocenters. The number of carbonyl (C=O) groups is 2. The van der Waals surface area contributed by atoms with E-state index in [-0.39, 0.29) is 24.8 Å². The zero-order valence-electron chi connectivity index (χ0n) is 18.4. The van der Waals surface area contributed by atoms with Crippen molar-refractivity contribution in [3.8, 4) is 11.5 Å². The summed E-state index contributed by atoms with van der Waals surface area (Å²) in [5.41, 5.74) is 7.74. The highest BCUT2D eigenvalue weighted by Crippen LogP contribution is 2.32. The maximum absolute atomic E-state index is 12.6. The van der Waals surface area contributed by atoms with Gasteiger partial charge in [-0.1, -0.05) is 47.5 Å². The van der Waals surface area contributed by atoms with E-state index in [1.165, 1.54) is 7.11 Å². The lowest BCUT2D eigenvalue weighted by molar-refractivity contribution is -0.125. The van der Waals surface area contributed by atoms with E-state index in [0.29, 0.717) is 33.8 Å². The Morgan fingerprint density at radius 2 is 1.85 bits per heavy atom. The van der Waals surface area contributed by atoms with Gasteiger partial charge in [0.05, 0.1) is 18.7 Å². The molecule has 3 aromatic rings. The number of anilines is 2. The van der Waals surface area contributed by atoms with Crippen molar-refractivity contribution in [2.24, 2.45) is 5.92 Å². The van der Waals surface area contributed by atoms with Crippen molar-refractivity contribution in [2.75, 3.05) is 24.0 Å². The quantitative estimate of drug-likeness (QED) is 0.422. The molecule has 1 heterocycles. The molecule has 1 saturated heterocycles. The van der Waals surface area contributed by atoms with Crippen molar-refractivity contribution >= 4 is 46.4 Å². The van der Waals surface area contributed by atoms with E-state index < -0.39 is 5.92 Å². The molecule has 0 bridgehead atoms. The second-order valence-electron chi connectivity index (χ2n) is 7.75. The van der Waals surface area contributed by atoms with Crippen LogP contribution in [0.1, 0.15) is 12.0 Å². The summed E-state index contributed by atoms with van der Waals surface area (Å²) < 4.78 is 11.3. The van der Waals surface area contributed by atoms with Crippen molar-refractivity contribution in [1.82, 2.24) is 5.43 Å². The molecule has 34 heavy (non-hydrogen) atoms. The fourth-order valence-corrected chi connectivity index (χ4v) is 4.10. The zero-order valence-corrected chi connectivity index (χ0v) is 19.9. The molecule has 1 aliphatic rings. The predicted molar refractivity (Wildman–Crippen MR) is 132 cm³/mol. The molecule has 0 saturated carbocycles. The third-order valence-corrected chi connectivity index (χ3v) is 6.04. The summed E-state index contributed by atoms with van der Waals surface area (Å²) in [5, 5.41) is 1.07. The molecule has 3 aromatic carbocycles. The van der Waals surface area contributed by atoms with Gasteiger partial charge in [-0.2, -0.15) is 0 Å². The van der Waals surface area contributed by atoms with Crippen LogP contribution in [-0.2, 0) is 16.2 Å². The van der Waals surface area contributed by atoms with Crippen LogP contribution in [0.4, 0.5) is 11.4 Å². The molecule has 0 spiro atoms. The monoisotopic (exact) mass is 499 g/mol. The largest absolute Gasteiger partial charge is 0.493 e. The smallest absolute Gasteiger partial charge is 0.243 e.